The lowest BCUT2D eigenvalue weighted by Gasteiger charge is -2.05. The van der Waals surface area contributed by atoms with Crippen molar-refractivity contribution < 1.29 is 0 Å². The number of rotatable bonds is 0. The van der Waals surface area contributed by atoms with Crippen LogP contribution in [-0.2, 0) is 0 Å². The van der Waals surface area contributed by atoms with E-state index in [2.05, 4.69) is 9.98 Å². The molecule has 0 saturated heterocycles. The molecule has 0 amide bonds. The largest absolute Gasteiger partial charge is 0.263 e. The highest BCUT2D eigenvalue weighted by Crippen LogP contribution is 2.30. The molecule has 0 aromatic carbocycles. The number of hydrogen-bond acceptors (Lipinski definition) is 3. The number of nitrogens with zero attached hydrogens (tertiary/aromatic N) is 2. The maximum atomic E-state index is 4.21. The Kier molecular flexibility index (Phi) is 1.43. The molecule has 2 heterocycles. The number of fused-ring (bicyclic) bond motifs is 1. The molecule has 0 N–H and O–H groups in total. The average Bonchev–Trinajstić information content (AvgIpc) is 2.05. The molecular formula is C7H6N2S. The van der Waals surface area contributed by atoms with E-state index in [-0.39, 0.29) is 0 Å². The number of aliphatic imine (C=N–C) groups is 1. The molecule has 1 aliphatic heterocycles. The number of thioether (sulfide) groups is 1. The van der Waals surface area contributed by atoms with Crippen molar-refractivity contribution in [3.05, 3.63) is 18.5 Å². The number of hydrogen-bond donors (Lipinski definition) is 0. The molecule has 3 heteroatoms. The predicted molar refractivity (Wildman–Crippen MR) is 43.1 cm³/mol. The Morgan fingerprint density at radius 3 is 3.40 bits per heavy atom. The second kappa shape index (κ2) is 2.42. The van der Waals surface area contributed by atoms with Gasteiger partial charge >= 0.3 is 0 Å². The van der Waals surface area contributed by atoms with Gasteiger partial charge in [0.15, 0.2) is 0 Å². The van der Waals surface area contributed by atoms with Crippen molar-refractivity contribution in [2.75, 3.05) is 5.75 Å². The monoisotopic (exact) mass is 150 g/mol. The lowest BCUT2D eigenvalue weighted by atomic mass is 10.4. The molecule has 0 saturated carbocycles. The van der Waals surface area contributed by atoms with E-state index in [4.69, 9.17) is 0 Å². The van der Waals surface area contributed by atoms with Crippen LogP contribution in [0.25, 0.3) is 0 Å². The SMILES string of the molecule is C1=Nc2ccncc2SC1. The first-order valence-electron chi connectivity index (χ1n) is 3.06. The molecular weight excluding hydrogens is 144 g/mol. The van der Waals surface area contributed by atoms with E-state index in [9.17, 15) is 0 Å². The van der Waals surface area contributed by atoms with E-state index in [1.807, 2.05) is 18.5 Å². The van der Waals surface area contributed by atoms with Crippen LogP contribution >= 0.6 is 11.8 Å². The maximum absolute atomic E-state index is 4.21. The van der Waals surface area contributed by atoms with Gasteiger partial charge in [0.05, 0.1) is 10.6 Å². The third-order valence-corrected chi connectivity index (χ3v) is 2.25. The van der Waals surface area contributed by atoms with E-state index in [1.54, 1.807) is 18.0 Å². The molecule has 0 bridgehead atoms. The summed E-state index contributed by atoms with van der Waals surface area (Å²) in [5, 5.41) is 0. The van der Waals surface area contributed by atoms with Gasteiger partial charge in [0.1, 0.15) is 0 Å². The second-order valence-electron chi connectivity index (χ2n) is 1.97. The molecule has 0 radical (unpaired) electrons. The molecule has 1 aliphatic rings. The summed E-state index contributed by atoms with van der Waals surface area (Å²) in [7, 11) is 0. The number of aromatic nitrogens is 1. The van der Waals surface area contributed by atoms with Crippen LogP contribution < -0.4 is 0 Å². The van der Waals surface area contributed by atoms with E-state index in [0.717, 1.165) is 11.4 Å². The third kappa shape index (κ3) is 0.926. The normalized spacial score (nSPS) is 14.8. The quantitative estimate of drug-likeness (QED) is 0.564. The van der Waals surface area contributed by atoms with Gasteiger partial charge in [-0.05, 0) is 6.07 Å². The van der Waals surface area contributed by atoms with Gasteiger partial charge in [-0.2, -0.15) is 0 Å². The Labute approximate surface area is 63.4 Å². The number of pyridine rings is 1. The fourth-order valence-corrected chi connectivity index (χ4v) is 1.59. The van der Waals surface area contributed by atoms with Crippen molar-refractivity contribution in [1.82, 2.24) is 4.98 Å². The fraction of sp³-hybridized carbons (Fsp3) is 0.143. The molecule has 0 spiro atoms. The molecule has 0 aliphatic carbocycles. The highest BCUT2D eigenvalue weighted by Gasteiger charge is 2.03. The standard InChI is InChI=1S/C7H6N2S/c1-2-8-5-7-6(1)9-3-4-10-7/h1-3,5H,4H2. The summed E-state index contributed by atoms with van der Waals surface area (Å²) in [4.78, 5) is 9.40. The molecule has 0 fully saturated rings. The van der Waals surface area contributed by atoms with Crippen LogP contribution in [0.4, 0.5) is 5.69 Å². The van der Waals surface area contributed by atoms with Crippen molar-refractivity contribution in [3.63, 3.8) is 0 Å². The smallest absolute Gasteiger partial charge is 0.0792 e. The zero-order valence-corrected chi connectivity index (χ0v) is 6.14. The molecule has 10 heavy (non-hydrogen) atoms. The van der Waals surface area contributed by atoms with Gasteiger partial charge in [-0.15, -0.1) is 11.8 Å². The van der Waals surface area contributed by atoms with E-state index in [0.29, 0.717) is 0 Å². The van der Waals surface area contributed by atoms with Gasteiger partial charge in [-0.3, -0.25) is 9.98 Å². The van der Waals surface area contributed by atoms with E-state index < -0.39 is 0 Å². The molecule has 50 valence electrons. The average molecular weight is 150 g/mol. The van der Waals surface area contributed by atoms with Crippen LogP contribution in [0.5, 0.6) is 0 Å². The van der Waals surface area contributed by atoms with Gasteiger partial charge in [-0.1, -0.05) is 0 Å². The van der Waals surface area contributed by atoms with Gasteiger partial charge in [0, 0.05) is 24.4 Å². The van der Waals surface area contributed by atoms with Crippen LogP contribution in [-0.4, -0.2) is 17.0 Å². The Bertz CT molecular complexity index is 270. The van der Waals surface area contributed by atoms with Crippen molar-refractivity contribution in [3.8, 4) is 0 Å². The minimum atomic E-state index is 0.971. The van der Waals surface area contributed by atoms with Crippen LogP contribution in [0.3, 0.4) is 0 Å². The highest BCUT2D eigenvalue weighted by atomic mass is 32.2. The Morgan fingerprint density at radius 1 is 1.50 bits per heavy atom. The summed E-state index contributed by atoms with van der Waals surface area (Å²) in [6.07, 6.45) is 5.55. The highest BCUT2D eigenvalue weighted by molar-refractivity contribution is 8.00. The molecule has 1 aromatic heterocycles. The van der Waals surface area contributed by atoms with E-state index in [1.165, 1.54) is 4.90 Å². The minimum absolute atomic E-state index is 0.971. The fourth-order valence-electron chi connectivity index (χ4n) is 0.853. The van der Waals surface area contributed by atoms with Crippen molar-refractivity contribution in [2.24, 2.45) is 4.99 Å². The molecule has 2 nitrogen and oxygen atoms in total. The van der Waals surface area contributed by atoms with Crippen molar-refractivity contribution in [1.29, 1.82) is 0 Å². The van der Waals surface area contributed by atoms with Gasteiger partial charge in [0.2, 0.25) is 0 Å². The van der Waals surface area contributed by atoms with Gasteiger partial charge < -0.3 is 0 Å². The van der Waals surface area contributed by atoms with E-state index >= 15 is 0 Å². The Morgan fingerprint density at radius 2 is 2.50 bits per heavy atom. The van der Waals surface area contributed by atoms with Crippen LogP contribution in [0.15, 0.2) is 28.3 Å². The molecule has 0 unspecified atom stereocenters. The van der Waals surface area contributed by atoms with Crippen molar-refractivity contribution >= 4 is 23.7 Å². The maximum Gasteiger partial charge on any atom is 0.0792 e. The van der Waals surface area contributed by atoms with Crippen LogP contribution in [0.2, 0.25) is 0 Å². The first-order chi connectivity index (χ1) is 4.97. The molecule has 1 aromatic rings. The summed E-state index contributed by atoms with van der Waals surface area (Å²) in [5.41, 5.74) is 1.05. The third-order valence-electron chi connectivity index (χ3n) is 1.31. The topological polar surface area (TPSA) is 25.2 Å². The van der Waals surface area contributed by atoms with Gasteiger partial charge in [0.25, 0.3) is 0 Å². The Hall–Kier alpha value is -0.830. The first-order valence-corrected chi connectivity index (χ1v) is 4.05. The molecule has 0 atom stereocenters. The second-order valence-corrected chi connectivity index (χ2v) is 3.03. The minimum Gasteiger partial charge on any atom is -0.263 e. The summed E-state index contributed by atoms with van der Waals surface area (Å²) < 4.78 is 0. The molecule has 2 rings (SSSR count). The Balaban J connectivity index is 2.54. The van der Waals surface area contributed by atoms with Crippen LogP contribution in [0.1, 0.15) is 0 Å². The van der Waals surface area contributed by atoms with Crippen molar-refractivity contribution in [2.45, 2.75) is 4.90 Å². The summed E-state index contributed by atoms with van der Waals surface area (Å²) in [6.45, 7) is 0. The predicted octanol–water partition coefficient (Wildman–Crippen LogP) is 1.89. The zero-order chi connectivity index (χ0) is 6.81. The van der Waals surface area contributed by atoms with Gasteiger partial charge in [-0.25, -0.2) is 0 Å². The van der Waals surface area contributed by atoms with Crippen LogP contribution in [0, 0.1) is 0 Å². The summed E-state index contributed by atoms with van der Waals surface area (Å²) in [6, 6.07) is 1.93. The summed E-state index contributed by atoms with van der Waals surface area (Å²) >= 11 is 1.78. The lowest BCUT2D eigenvalue weighted by molar-refractivity contribution is 1.22. The summed E-state index contributed by atoms with van der Waals surface area (Å²) in [5.74, 6) is 0.971. The first kappa shape index (κ1) is 5.92. The lowest BCUT2D eigenvalue weighted by Crippen LogP contribution is -1.88. The zero-order valence-electron chi connectivity index (χ0n) is 5.32.